The van der Waals surface area contributed by atoms with Crippen LogP contribution in [0.1, 0.15) is 35.3 Å². The highest BCUT2D eigenvalue weighted by atomic mass is 35.5. The van der Waals surface area contributed by atoms with Gasteiger partial charge in [0, 0.05) is 31.0 Å². The molecule has 0 saturated carbocycles. The topological polar surface area (TPSA) is 86.6 Å². The molecule has 0 bridgehead atoms. The largest absolute Gasteiger partial charge is 0.487 e. The zero-order valence-electron chi connectivity index (χ0n) is 22.5. The Hall–Kier alpha value is -3.81. The van der Waals surface area contributed by atoms with Crippen molar-refractivity contribution in [1.29, 1.82) is 0 Å². The van der Waals surface area contributed by atoms with E-state index in [9.17, 15) is 14.4 Å². The lowest BCUT2D eigenvalue weighted by molar-refractivity contribution is -0.142. The molecule has 0 fully saturated rings. The first-order valence-electron chi connectivity index (χ1n) is 12.8. The molecule has 0 aliphatic carbocycles. The molecule has 1 aliphatic heterocycles. The van der Waals surface area contributed by atoms with Crippen LogP contribution in [0.15, 0.2) is 65.5 Å². The van der Waals surface area contributed by atoms with E-state index in [1.165, 1.54) is 7.11 Å². The molecule has 1 atom stereocenters. The van der Waals surface area contributed by atoms with Crippen LogP contribution in [0, 0.1) is 0 Å². The van der Waals surface area contributed by atoms with Crippen molar-refractivity contribution in [3.8, 4) is 16.9 Å². The number of carbonyl (C=O) groups excluding carboxylic acids is 2. The molecular weight excluding hydrogens is 551 g/mol. The van der Waals surface area contributed by atoms with Gasteiger partial charge in [0.2, 0.25) is 0 Å². The van der Waals surface area contributed by atoms with Crippen LogP contribution in [-0.2, 0) is 29.4 Å². The zero-order chi connectivity index (χ0) is 28.8. The van der Waals surface area contributed by atoms with Gasteiger partial charge in [-0.3, -0.25) is 9.59 Å². The summed E-state index contributed by atoms with van der Waals surface area (Å²) in [5.74, 6) is -0.606. The Bertz CT molecular complexity index is 1710. The number of nitrogens with zero attached hydrogens (tertiary/aromatic N) is 1. The third-order valence-corrected chi connectivity index (χ3v) is 7.80. The molecule has 0 saturated heterocycles. The minimum absolute atomic E-state index is 0.0805. The first-order valence-corrected chi connectivity index (χ1v) is 13.5. The number of para-hydroxylation sites is 1. The number of hydrogen-bond acceptors (Lipinski definition) is 5. The van der Waals surface area contributed by atoms with Crippen molar-refractivity contribution in [1.82, 2.24) is 9.88 Å². The molecule has 1 aliphatic rings. The monoisotopic (exact) mass is 578 g/mol. The molecule has 0 unspecified atom stereocenters. The Kier molecular flexibility index (Phi) is 7.38. The van der Waals surface area contributed by atoms with Gasteiger partial charge in [-0.1, -0.05) is 59.6 Å². The van der Waals surface area contributed by atoms with Crippen LogP contribution >= 0.6 is 23.2 Å². The quantitative estimate of drug-likeness (QED) is 0.295. The lowest BCUT2D eigenvalue weighted by atomic mass is 9.90. The van der Waals surface area contributed by atoms with E-state index >= 15 is 0 Å². The Labute approximate surface area is 241 Å². The number of benzene rings is 3. The molecule has 206 valence electrons. The minimum atomic E-state index is -1.02. The smallest absolute Gasteiger partial charge is 0.328 e. The summed E-state index contributed by atoms with van der Waals surface area (Å²) in [5.41, 5.74) is 3.10. The van der Waals surface area contributed by atoms with Crippen molar-refractivity contribution in [2.45, 2.75) is 38.3 Å². The second kappa shape index (κ2) is 10.6. The second-order valence-corrected chi connectivity index (χ2v) is 11.3. The van der Waals surface area contributed by atoms with Gasteiger partial charge in [0.1, 0.15) is 17.4 Å². The number of amides is 1. The molecule has 4 aromatic rings. The summed E-state index contributed by atoms with van der Waals surface area (Å²) in [5, 5.41) is 4.01. The number of esters is 1. The number of aryl methyl sites for hydroxylation is 1. The van der Waals surface area contributed by atoms with Gasteiger partial charge in [0.05, 0.1) is 33.8 Å². The van der Waals surface area contributed by atoms with E-state index in [0.29, 0.717) is 23.3 Å². The summed E-state index contributed by atoms with van der Waals surface area (Å²) in [6.45, 7) is 3.94. The van der Waals surface area contributed by atoms with Crippen molar-refractivity contribution in [2.24, 2.45) is 7.05 Å². The van der Waals surface area contributed by atoms with Crippen LogP contribution in [0.5, 0.6) is 5.75 Å². The number of halogens is 2. The van der Waals surface area contributed by atoms with Gasteiger partial charge in [0.25, 0.3) is 11.5 Å². The zero-order valence-corrected chi connectivity index (χ0v) is 24.0. The Morgan fingerprint density at radius 2 is 1.75 bits per heavy atom. The summed E-state index contributed by atoms with van der Waals surface area (Å²) in [4.78, 5) is 39.3. The van der Waals surface area contributed by atoms with E-state index in [1.54, 1.807) is 29.8 Å². The maximum atomic E-state index is 13.4. The predicted molar refractivity (Wildman–Crippen MR) is 156 cm³/mol. The lowest BCUT2D eigenvalue weighted by Gasteiger charge is -2.20. The fourth-order valence-electron chi connectivity index (χ4n) is 5.24. The van der Waals surface area contributed by atoms with Gasteiger partial charge in [-0.25, -0.2) is 4.79 Å². The predicted octanol–water partition coefficient (Wildman–Crippen LogP) is 5.74. The van der Waals surface area contributed by atoms with Crippen LogP contribution in [0.4, 0.5) is 0 Å². The molecule has 1 aromatic heterocycles. The molecule has 1 N–H and O–H groups in total. The van der Waals surface area contributed by atoms with Crippen molar-refractivity contribution in [2.75, 3.05) is 7.11 Å². The summed E-state index contributed by atoms with van der Waals surface area (Å²) in [6, 6.07) is 17.0. The van der Waals surface area contributed by atoms with E-state index < -0.39 is 23.5 Å². The Morgan fingerprint density at radius 1 is 1.05 bits per heavy atom. The number of pyridine rings is 1. The molecule has 3 aromatic carbocycles. The lowest BCUT2D eigenvalue weighted by Crippen LogP contribution is -2.43. The highest BCUT2D eigenvalue weighted by Crippen LogP contribution is 2.44. The third-order valence-electron chi connectivity index (χ3n) is 7.17. The van der Waals surface area contributed by atoms with Crippen LogP contribution < -0.4 is 15.6 Å². The molecule has 2 heterocycles. The molecule has 9 heteroatoms. The van der Waals surface area contributed by atoms with Gasteiger partial charge >= 0.3 is 5.97 Å². The van der Waals surface area contributed by atoms with Crippen LogP contribution in [0.2, 0.25) is 10.0 Å². The molecule has 0 spiro atoms. The number of nitrogens with one attached hydrogen (secondary N) is 1. The summed E-state index contributed by atoms with van der Waals surface area (Å²) < 4.78 is 13.0. The number of aromatic nitrogens is 1. The van der Waals surface area contributed by atoms with Crippen molar-refractivity contribution >= 4 is 46.0 Å². The average Bonchev–Trinajstić information content (AvgIpc) is 3.25. The van der Waals surface area contributed by atoms with Crippen molar-refractivity contribution in [3.63, 3.8) is 0 Å². The molecule has 1 amide bonds. The van der Waals surface area contributed by atoms with E-state index in [0.717, 1.165) is 22.0 Å². The molecular formula is C31H28Cl2N2O5. The van der Waals surface area contributed by atoms with E-state index in [1.807, 2.05) is 56.3 Å². The minimum Gasteiger partial charge on any atom is -0.487 e. The number of carbonyl (C=O) groups is 2. The maximum absolute atomic E-state index is 13.4. The Morgan fingerprint density at radius 3 is 2.45 bits per heavy atom. The van der Waals surface area contributed by atoms with Gasteiger partial charge in [-0.05, 0) is 49.1 Å². The molecule has 40 heavy (non-hydrogen) atoms. The fraction of sp³-hybridized carbons (Fsp3) is 0.258. The maximum Gasteiger partial charge on any atom is 0.328 e. The second-order valence-electron chi connectivity index (χ2n) is 10.4. The van der Waals surface area contributed by atoms with Gasteiger partial charge in [0.15, 0.2) is 0 Å². The number of ether oxygens (including phenoxy) is 2. The molecule has 7 nitrogen and oxygen atoms in total. The van der Waals surface area contributed by atoms with E-state index in [4.69, 9.17) is 32.7 Å². The van der Waals surface area contributed by atoms with E-state index in [-0.39, 0.29) is 27.6 Å². The normalized spacial score (nSPS) is 14.3. The van der Waals surface area contributed by atoms with Gasteiger partial charge in [-0.2, -0.15) is 0 Å². The average molecular weight is 579 g/mol. The molecule has 5 rings (SSSR count). The first-order chi connectivity index (χ1) is 19.0. The van der Waals surface area contributed by atoms with Gasteiger partial charge in [-0.15, -0.1) is 0 Å². The highest BCUT2D eigenvalue weighted by Gasteiger charge is 2.36. The van der Waals surface area contributed by atoms with Crippen LogP contribution in [0.25, 0.3) is 22.0 Å². The van der Waals surface area contributed by atoms with E-state index in [2.05, 4.69) is 5.32 Å². The summed E-state index contributed by atoms with van der Waals surface area (Å²) in [6.07, 6.45) is 0.690. The SMILES string of the molecule is COC(=O)[C@H](Cc1ccc(-c2cc3ccccc3n(C)c2=O)c2c1CC(C)(C)O2)NC(=O)c1c(Cl)cccc1Cl. The van der Waals surface area contributed by atoms with Gasteiger partial charge < -0.3 is 19.4 Å². The third kappa shape index (κ3) is 5.07. The number of methoxy groups -OCH3 is 1. The number of hydrogen-bond donors (Lipinski definition) is 1. The Balaban J connectivity index is 1.56. The standard InChI is InChI=1S/C31H28Cl2N2O5/c1-31(2)16-21-17(15-24(30(38)39-4)34-28(36)26-22(32)9-7-10-23(26)33)12-13-19(27(21)40-31)20-14-18-8-5-6-11-25(18)35(3)29(20)37/h5-14,24H,15-16H2,1-4H3,(H,34,36)/t24-/m0/s1. The van der Waals surface area contributed by atoms with Crippen molar-refractivity contribution < 1.29 is 19.1 Å². The van der Waals surface area contributed by atoms with Crippen LogP contribution in [-0.4, -0.2) is 35.2 Å². The number of fused-ring (bicyclic) bond motifs is 2. The fourth-order valence-corrected chi connectivity index (χ4v) is 5.81. The summed E-state index contributed by atoms with van der Waals surface area (Å²) in [7, 11) is 3.02. The van der Waals surface area contributed by atoms with Crippen LogP contribution in [0.3, 0.4) is 0 Å². The summed E-state index contributed by atoms with van der Waals surface area (Å²) >= 11 is 12.4. The highest BCUT2D eigenvalue weighted by molar-refractivity contribution is 6.39. The van der Waals surface area contributed by atoms with Crippen molar-refractivity contribution in [3.05, 3.63) is 97.8 Å². The number of rotatable bonds is 6. The first kappa shape index (κ1) is 27.7. The molecule has 0 radical (unpaired) electrons.